The highest BCUT2D eigenvalue weighted by molar-refractivity contribution is 5.69. The minimum absolute atomic E-state index is 0.0568. The maximum Gasteiger partial charge on any atom is 0.573 e. The largest absolute Gasteiger partial charge is 0.573 e. The van der Waals surface area contributed by atoms with E-state index in [0.717, 1.165) is 11.1 Å². The fourth-order valence-electron chi connectivity index (χ4n) is 2.12. The van der Waals surface area contributed by atoms with Crippen LogP contribution < -0.4 is 4.74 Å². The first-order valence-electron chi connectivity index (χ1n) is 6.26. The summed E-state index contributed by atoms with van der Waals surface area (Å²) in [7, 11) is 0. The first-order valence-corrected chi connectivity index (χ1v) is 6.26. The number of rotatable bonds is 3. The zero-order valence-corrected chi connectivity index (χ0v) is 11.1. The van der Waals surface area contributed by atoms with Crippen molar-refractivity contribution >= 4 is 5.52 Å². The summed E-state index contributed by atoms with van der Waals surface area (Å²) in [6.45, 7) is -0.560. The van der Waals surface area contributed by atoms with Crippen molar-refractivity contribution in [2.75, 3.05) is 0 Å². The summed E-state index contributed by atoms with van der Waals surface area (Å²) in [6, 6.07) is 7.68. The molecule has 1 N–H and O–H groups in total. The van der Waals surface area contributed by atoms with E-state index in [4.69, 9.17) is 0 Å². The van der Waals surface area contributed by atoms with Gasteiger partial charge in [-0.05, 0) is 35.4 Å². The Morgan fingerprint density at radius 3 is 2.64 bits per heavy atom. The van der Waals surface area contributed by atoms with Crippen LogP contribution in [-0.2, 0) is 6.61 Å². The number of aromatic nitrogens is 3. The van der Waals surface area contributed by atoms with Gasteiger partial charge in [0.2, 0.25) is 0 Å². The van der Waals surface area contributed by atoms with Crippen molar-refractivity contribution in [1.29, 1.82) is 0 Å². The molecule has 0 saturated carbocycles. The molecule has 0 aliphatic rings. The molecule has 0 aliphatic heterocycles. The highest BCUT2D eigenvalue weighted by atomic mass is 19.4. The van der Waals surface area contributed by atoms with E-state index in [1.165, 1.54) is 18.2 Å². The van der Waals surface area contributed by atoms with Crippen molar-refractivity contribution < 1.29 is 23.0 Å². The number of benzene rings is 1. The Hall–Kier alpha value is -2.61. The molecule has 0 unspecified atom stereocenters. The molecular formula is C14H10F3N3O2. The van der Waals surface area contributed by atoms with Gasteiger partial charge in [-0.15, -0.1) is 18.3 Å². The maximum atomic E-state index is 12.3. The van der Waals surface area contributed by atoms with Crippen molar-refractivity contribution in [2.45, 2.75) is 13.0 Å². The lowest BCUT2D eigenvalue weighted by atomic mass is 10.0. The summed E-state index contributed by atoms with van der Waals surface area (Å²) in [6.07, 6.45) is -1.54. The predicted octanol–water partition coefficient (Wildman–Crippen LogP) is 2.79. The number of aliphatic hydroxyl groups excluding tert-OH is 1. The fourth-order valence-corrected chi connectivity index (χ4v) is 2.12. The van der Waals surface area contributed by atoms with Crippen LogP contribution in [0, 0.1) is 0 Å². The van der Waals surface area contributed by atoms with Crippen LogP contribution in [0.15, 0.2) is 42.7 Å². The number of alkyl halides is 3. The molecular weight excluding hydrogens is 299 g/mol. The zero-order valence-electron chi connectivity index (χ0n) is 11.1. The molecule has 0 fully saturated rings. The first kappa shape index (κ1) is 14.3. The lowest BCUT2D eigenvalue weighted by Gasteiger charge is -2.13. The molecule has 3 rings (SSSR count). The van der Waals surface area contributed by atoms with Gasteiger partial charge < -0.3 is 9.84 Å². The van der Waals surface area contributed by atoms with E-state index in [1.807, 2.05) is 0 Å². The van der Waals surface area contributed by atoms with Crippen molar-refractivity contribution in [3.63, 3.8) is 0 Å². The molecule has 0 bridgehead atoms. The van der Waals surface area contributed by atoms with E-state index < -0.39 is 18.7 Å². The normalized spacial score (nSPS) is 11.8. The van der Waals surface area contributed by atoms with Crippen LogP contribution >= 0.6 is 0 Å². The summed E-state index contributed by atoms with van der Waals surface area (Å²) in [4.78, 5) is 0. The number of aliphatic hydroxyl groups is 1. The van der Waals surface area contributed by atoms with Gasteiger partial charge in [0.1, 0.15) is 5.75 Å². The molecule has 0 saturated heterocycles. The molecule has 114 valence electrons. The Morgan fingerprint density at radius 2 is 1.91 bits per heavy atom. The van der Waals surface area contributed by atoms with Crippen molar-refractivity contribution in [2.24, 2.45) is 0 Å². The van der Waals surface area contributed by atoms with Gasteiger partial charge in [0.25, 0.3) is 0 Å². The van der Waals surface area contributed by atoms with Crippen LogP contribution in [-0.4, -0.2) is 26.3 Å². The predicted molar refractivity (Wildman–Crippen MR) is 71.0 cm³/mol. The second-order valence-corrected chi connectivity index (χ2v) is 4.55. The molecule has 3 aromatic rings. The second-order valence-electron chi connectivity index (χ2n) is 4.55. The maximum absolute atomic E-state index is 12.3. The number of pyridine rings is 1. The number of halogens is 3. The highest BCUT2D eigenvalue weighted by Gasteiger charge is 2.32. The van der Waals surface area contributed by atoms with Gasteiger partial charge in [-0.25, -0.2) is 4.52 Å². The molecule has 0 spiro atoms. The van der Waals surface area contributed by atoms with E-state index in [-0.39, 0.29) is 5.56 Å². The third-order valence-corrected chi connectivity index (χ3v) is 3.09. The van der Waals surface area contributed by atoms with Gasteiger partial charge in [0, 0.05) is 11.8 Å². The van der Waals surface area contributed by atoms with Crippen LogP contribution in [0.25, 0.3) is 16.6 Å². The number of nitrogens with zero attached hydrogens (tertiary/aromatic N) is 3. The van der Waals surface area contributed by atoms with Crippen molar-refractivity contribution in [1.82, 2.24) is 14.8 Å². The van der Waals surface area contributed by atoms with Gasteiger partial charge in [-0.1, -0.05) is 11.3 Å². The van der Waals surface area contributed by atoms with Crippen LogP contribution in [0.3, 0.4) is 0 Å². The monoisotopic (exact) mass is 309 g/mol. The first-order chi connectivity index (χ1) is 10.5. The average Bonchev–Trinajstić information content (AvgIpc) is 2.93. The fraction of sp³-hybridized carbons (Fsp3) is 0.143. The van der Waals surface area contributed by atoms with Crippen molar-refractivity contribution in [3.8, 4) is 16.9 Å². The Labute approximate surface area is 122 Å². The summed E-state index contributed by atoms with van der Waals surface area (Å²) >= 11 is 0. The number of hydrogen-bond donors (Lipinski definition) is 1. The van der Waals surface area contributed by atoms with Crippen LogP contribution in [0.1, 0.15) is 5.56 Å². The summed E-state index contributed by atoms with van der Waals surface area (Å²) in [5.74, 6) is -0.411. The second kappa shape index (κ2) is 5.30. The van der Waals surface area contributed by atoms with Gasteiger partial charge in [0.05, 0.1) is 18.3 Å². The van der Waals surface area contributed by atoms with E-state index in [9.17, 15) is 18.3 Å². The van der Waals surface area contributed by atoms with Gasteiger partial charge in [-0.2, -0.15) is 0 Å². The molecule has 8 heteroatoms. The topological polar surface area (TPSA) is 59.7 Å². The molecule has 0 aliphatic carbocycles. The lowest BCUT2D eigenvalue weighted by molar-refractivity contribution is -0.275. The highest BCUT2D eigenvalue weighted by Crippen LogP contribution is 2.31. The van der Waals surface area contributed by atoms with E-state index in [2.05, 4.69) is 15.0 Å². The van der Waals surface area contributed by atoms with Crippen LogP contribution in [0.2, 0.25) is 0 Å². The molecule has 2 aromatic heterocycles. The summed E-state index contributed by atoms with van der Waals surface area (Å²) in [5, 5.41) is 16.8. The molecule has 0 amide bonds. The molecule has 5 nitrogen and oxygen atoms in total. The van der Waals surface area contributed by atoms with Crippen LogP contribution in [0.4, 0.5) is 13.2 Å². The Morgan fingerprint density at radius 1 is 1.14 bits per heavy atom. The quantitative estimate of drug-likeness (QED) is 0.808. The standard InChI is InChI=1S/C14H10F3N3O2/c15-14(16,17)22-13-2-1-9(5-11(13)8-21)10-3-4-20-12(6-10)7-18-19-20/h1-7,21H,8H2. The van der Waals surface area contributed by atoms with E-state index in [1.54, 1.807) is 29.0 Å². The smallest absolute Gasteiger partial charge is 0.405 e. The Balaban J connectivity index is 2.00. The molecule has 0 atom stereocenters. The Kier molecular flexibility index (Phi) is 3.45. The molecule has 2 heterocycles. The minimum Gasteiger partial charge on any atom is -0.405 e. The van der Waals surface area contributed by atoms with Gasteiger partial charge >= 0.3 is 6.36 Å². The van der Waals surface area contributed by atoms with E-state index in [0.29, 0.717) is 5.56 Å². The third kappa shape index (κ3) is 2.86. The SMILES string of the molecule is OCc1cc(-c2ccn3nncc3c2)ccc1OC(F)(F)F. The zero-order chi connectivity index (χ0) is 15.7. The molecule has 22 heavy (non-hydrogen) atoms. The summed E-state index contributed by atoms with van der Waals surface area (Å²) < 4.78 is 42.4. The average molecular weight is 309 g/mol. The van der Waals surface area contributed by atoms with Crippen LogP contribution in [0.5, 0.6) is 5.75 Å². The third-order valence-electron chi connectivity index (χ3n) is 3.09. The molecule has 1 aromatic carbocycles. The number of ether oxygens (including phenoxy) is 1. The Bertz CT molecular complexity index is 814. The van der Waals surface area contributed by atoms with Gasteiger partial charge in [-0.3, -0.25) is 0 Å². The lowest BCUT2D eigenvalue weighted by Crippen LogP contribution is -2.18. The summed E-state index contributed by atoms with van der Waals surface area (Å²) in [5.41, 5.74) is 2.23. The van der Waals surface area contributed by atoms with E-state index >= 15 is 0 Å². The number of hydrogen-bond acceptors (Lipinski definition) is 4. The number of fused-ring (bicyclic) bond motifs is 1. The van der Waals surface area contributed by atoms with Crippen molar-refractivity contribution in [3.05, 3.63) is 48.3 Å². The minimum atomic E-state index is -4.80. The molecule has 0 radical (unpaired) electrons. The van der Waals surface area contributed by atoms with Gasteiger partial charge in [0.15, 0.2) is 0 Å².